The summed E-state index contributed by atoms with van der Waals surface area (Å²) in [6.45, 7) is 8.07. The fourth-order valence-corrected chi connectivity index (χ4v) is 0. The molecule has 7 heavy (non-hydrogen) atoms. The minimum atomic E-state index is 0. The third-order valence-electron chi connectivity index (χ3n) is 0.808. The van der Waals surface area contributed by atoms with Crippen LogP contribution in [-0.4, -0.2) is 5.16 Å². The average molecular weight is 192 g/mol. The van der Waals surface area contributed by atoms with E-state index in [1.807, 2.05) is 0 Å². The van der Waals surface area contributed by atoms with Crippen LogP contribution in [0.15, 0.2) is 0 Å². The first-order valence-electron chi connectivity index (χ1n) is 2.20. The van der Waals surface area contributed by atoms with E-state index in [2.05, 4.69) is 30.0 Å². The van der Waals surface area contributed by atoms with Crippen molar-refractivity contribution in [1.82, 2.24) is 0 Å². The number of rotatable bonds is 1. The van der Waals surface area contributed by atoms with Crippen LogP contribution in [0.4, 0.5) is 0 Å². The standard InChI is InChI=1S/C5H12P.Y/c1-4-5(2,3)6;/h2,4,6H2,1,3H3;/q-1;. The summed E-state index contributed by atoms with van der Waals surface area (Å²) in [6.07, 6.45) is 1.12. The first-order valence-corrected chi connectivity index (χ1v) is 2.78. The van der Waals surface area contributed by atoms with E-state index < -0.39 is 0 Å². The molecule has 0 aromatic rings. The molecule has 2 unspecified atom stereocenters. The Morgan fingerprint density at radius 1 is 1.71 bits per heavy atom. The smallest absolute Gasteiger partial charge is 0 e. The van der Waals surface area contributed by atoms with Crippen molar-refractivity contribution in [3.8, 4) is 0 Å². The fourth-order valence-electron chi connectivity index (χ4n) is 0. The third kappa shape index (κ3) is 11.2. The summed E-state index contributed by atoms with van der Waals surface area (Å²) >= 11 is 0. The zero-order chi connectivity index (χ0) is 5.21. The van der Waals surface area contributed by atoms with Gasteiger partial charge < -0.3 is 6.92 Å². The molecule has 41 valence electrons. The first-order chi connectivity index (χ1) is 2.56. The molecular formula is C5H12PY-. The maximum Gasteiger partial charge on any atom is 0 e. The van der Waals surface area contributed by atoms with Gasteiger partial charge in [0.05, 0.1) is 0 Å². The van der Waals surface area contributed by atoms with E-state index >= 15 is 0 Å². The van der Waals surface area contributed by atoms with Crippen molar-refractivity contribution in [2.45, 2.75) is 25.4 Å². The minimum absolute atomic E-state index is 0. The summed E-state index contributed by atoms with van der Waals surface area (Å²) in [4.78, 5) is 0. The Hall–Kier alpha value is 1.53. The van der Waals surface area contributed by atoms with Gasteiger partial charge in [0.15, 0.2) is 0 Å². The van der Waals surface area contributed by atoms with E-state index in [-0.39, 0.29) is 37.9 Å². The van der Waals surface area contributed by atoms with E-state index in [1.54, 1.807) is 0 Å². The van der Waals surface area contributed by atoms with Crippen LogP contribution in [0.5, 0.6) is 0 Å². The second-order valence-electron chi connectivity index (χ2n) is 2.01. The molecule has 0 rings (SSSR count). The summed E-state index contributed by atoms with van der Waals surface area (Å²) in [5.74, 6) is 0. The van der Waals surface area contributed by atoms with Crippen molar-refractivity contribution in [2.24, 2.45) is 0 Å². The Morgan fingerprint density at radius 2 is 1.86 bits per heavy atom. The summed E-state index contributed by atoms with van der Waals surface area (Å²) in [6, 6.07) is 0. The van der Waals surface area contributed by atoms with E-state index in [0.717, 1.165) is 6.42 Å². The topological polar surface area (TPSA) is 0 Å². The molecule has 0 aromatic carbocycles. The van der Waals surface area contributed by atoms with Gasteiger partial charge in [0, 0.05) is 32.7 Å². The van der Waals surface area contributed by atoms with Gasteiger partial charge in [-0.1, -0.05) is 20.3 Å². The van der Waals surface area contributed by atoms with Gasteiger partial charge >= 0.3 is 0 Å². The van der Waals surface area contributed by atoms with Crippen molar-refractivity contribution >= 4 is 9.24 Å². The van der Waals surface area contributed by atoms with Crippen LogP contribution in [0.25, 0.3) is 0 Å². The third-order valence-corrected chi connectivity index (χ3v) is 1.22. The molecule has 0 amide bonds. The summed E-state index contributed by atoms with van der Waals surface area (Å²) < 4.78 is 0. The van der Waals surface area contributed by atoms with Crippen molar-refractivity contribution < 1.29 is 32.7 Å². The predicted octanol–water partition coefficient (Wildman–Crippen LogP) is 1.86. The van der Waals surface area contributed by atoms with Crippen molar-refractivity contribution in [3.63, 3.8) is 0 Å². The maximum absolute atomic E-state index is 3.85. The molecule has 0 aliphatic heterocycles. The molecule has 2 heteroatoms. The van der Waals surface area contributed by atoms with Gasteiger partial charge in [-0.15, -0.1) is 5.16 Å². The van der Waals surface area contributed by atoms with Gasteiger partial charge in [0.1, 0.15) is 0 Å². The number of hydrogen-bond acceptors (Lipinski definition) is 0. The fraction of sp³-hybridized carbons (Fsp3) is 0.800. The van der Waals surface area contributed by atoms with Crippen molar-refractivity contribution in [2.75, 3.05) is 0 Å². The molecule has 0 bridgehead atoms. The molecular weight excluding hydrogens is 180 g/mol. The summed E-state index contributed by atoms with van der Waals surface area (Å²) in [5, 5.41) is 0.208. The largest absolute Gasteiger partial charge is 0.334 e. The van der Waals surface area contributed by atoms with Crippen LogP contribution >= 0.6 is 9.24 Å². The van der Waals surface area contributed by atoms with Gasteiger partial charge in [-0.2, -0.15) is 9.24 Å². The van der Waals surface area contributed by atoms with Gasteiger partial charge in [0.2, 0.25) is 0 Å². The molecule has 0 fully saturated rings. The Balaban J connectivity index is 0. The predicted molar refractivity (Wildman–Crippen MR) is 33.8 cm³/mol. The summed E-state index contributed by atoms with van der Waals surface area (Å²) in [7, 11) is 2.68. The van der Waals surface area contributed by atoms with Crippen LogP contribution < -0.4 is 0 Å². The first kappa shape index (κ1) is 11.3. The van der Waals surface area contributed by atoms with E-state index in [9.17, 15) is 0 Å². The minimum Gasteiger partial charge on any atom is -0.334 e. The molecule has 0 aliphatic carbocycles. The second kappa shape index (κ2) is 4.42. The second-order valence-corrected chi connectivity index (χ2v) is 3.40. The van der Waals surface area contributed by atoms with Gasteiger partial charge in [0.25, 0.3) is 0 Å². The SMILES string of the molecule is [CH2-]C(C)(P)CC.[Y]. The molecule has 1 radical (unpaired) electrons. The van der Waals surface area contributed by atoms with Crippen LogP contribution in [-0.2, 0) is 32.7 Å². The molecule has 0 saturated heterocycles. The van der Waals surface area contributed by atoms with Crippen LogP contribution in [0, 0.1) is 6.92 Å². The molecule has 0 spiro atoms. The molecule has 0 nitrogen and oxygen atoms in total. The van der Waals surface area contributed by atoms with E-state index in [1.165, 1.54) is 0 Å². The maximum atomic E-state index is 3.85. The Bertz CT molecular complexity index is 37.8. The van der Waals surface area contributed by atoms with E-state index in [4.69, 9.17) is 0 Å². The van der Waals surface area contributed by atoms with Gasteiger partial charge in [-0.3, -0.25) is 0 Å². The molecule has 2 atom stereocenters. The van der Waals surface area contributed by atoms with E-state index in [0.29, 0.717) is 0 Å². The van der Waals surface area contributed by atoms with Crippen LogP contribution in [0.3, 0.4) is 0 Å². The van der Waals surface area contributed by atoms with Crippen molar-refractivity contribution in [1.29, 1.82) is 0 Å². The molecule has 0 saturated carbocycles. The van der Waals surface area contributed by atoms with Crippen molar-refractivity contribution in [3.05, 3.63) is 6.92 Å². The van der Waals surface area contributed by atoms with Crippen LogP contribution in [0.1, 0.15) is 20.3 Å². The summed E-state index contributed by atoms with van der Waals surface area (Å²) in [5.41, 5.74) is 0. The average Bonchev–Trinajstić information content (AvgIpc) is 1.35. The monoisotopic (exact) mass is 192 g/mol. The quantitative estimate of drug-likeness (QED) is 0.439. The van der Waals surface area contributed by atoms with Gasteiger partial charge in [-0.25, -0.2) is 0 Å². The molecule has 0 aromatic heterocycles. The molecule has 0 aliphatic rings. The van der Waals surface area contributed by atoms with Gasteiger partial charge in [-0.05, 0) is 0 Å². The molecule has 0 heterocycles. The zero-order valence-corrected chi connectivity index (χ0v) is 9.06. The molecule has 0 N–H and O–H groups in total. The Kier molecular flexibility index (Phi) is 7.16. The van der Waals surface area contributed by atoms with Crippen LogP contribution in [0.2, 0.25) is 0 Å². The Labute approximate surface area is 73.9 Å². The normalized spacial score (nSPS) is 17.1. The zero-order valence-electron chi connectivity index (χ0n) is 5.07. The Morgan fingerprint density at radius 3 is 1.86 bits per heavy atom. The number of hydrogen-bond donors (Lipinski definition) is 0.